The van der Waals surface area contributed by atoms with Crippen molar-refractivity contribution in [3.8, 4) is 0 Å². The van der Waals surface area contributed by atoms with E-state index in [1.807, 2.05) is 19.9 Å². The van der Waals surface area contributed by atoms with Crippen LogP contribution in [0.25, 0.3) is 5.57 Å². The quantitative estimate of drug-likeness (QED) is 0.589. The largest absolute Gasteiger partial charge is 0.471 e. The molecule has 19 heavy (non-hydrogen) atoms. The molecule has 0 fully saturated rings. The fraction of sp³-hybridized carbons (Fsp3) is 0.385. The van der Waals surface area contributed by atoms with Crippen LogP contribution in [-0.2, 0) is 6.18 Å². The zero-order valence-corrected chi connectivity index (χ0v) is 10.8. The summed E-state index contributed by atoms with van der Waals surface area (Å²) in [4.78, 5) is 3.36. The number of alkyl halides is 3. The van der Waals surface area contributed by atoms with Crippen molar-refractivity contribution in [3.63, 3.8) is 0 Å². The molecule has 3 nitrogen and oxygen atoms in total. The molecule has 0 aliphatic heterocycles. The normalized spacial score (nSPS) is 13.7. The number of halogens is 3. The molecule has 6 heteroatoms. The first-order valence-electron chi connectivity index (χ1n) is 5.77. The van der Waals surface area contributed by atoms with Crippen LogP contribution in [-0.4, -0.2) is 10.1 Å². The maximum atomic E-state index is 12.4. The Morgan fingerprint density at radius 1 is 1.37 bits per heavy atom. The van der Waals surface area contributed by atoms with Gasteiger partial charge in [-0.1, -0.05) is 35.9 Å². The van der Waals surface area contributed by atoms with E-state index in [0.717, 1.165) is 12.0 Å². The van der Waals surface area contributed by atoms with E-state index in [2.05, 4.69) is 21.2 Å². The van der Waals surface area contributed by atoms with Gasteiger partial charge in [-0.25, -0.2) is 0 Å². The second-order valence-electron chi connectivity index (χ2n) is 3.97. The summed E-state index contributed by atoms with van der Waals surface area (Å²) in [7, 11) is 0. The highest BCUT2D eigenvalue weighted by molar-refractivity contribution is 5.62. The molecule has 0 saturated carbocycles. The summed E-state index contributed by atoms with van der Waals surface area (Å²) in [6.07, 6.45) is 1.68. The highest BCUT2D eigenvalue weighted by Crippen LogP contribution is 2.29. The van der Waals surface area contributed by atoms with E-state index >= 15 is 0 Å². The first-order valence-corrected chi connectivity index (χ1v) is 5.77. The molecule has 0 atom stereocenters. The average Bonchev–Trinajstić information content (AvgIpc) is 2.83. The second-order valence-corrected chi connectivity index (χ2v) is 3.97. The van der Waals surface area contributed by atoms with Crippen LogP contribution in [0.5, 0.6) is 0 Å². The summed E-state index contributed by atoms with van der Waals surface area (Å²) in [6, 6.07) is 0. The topological polar surface area (TPSA) is 38.9 Å². The van der Waals surface area contributed by atoms with Crippen molar-refractivity contribution in [2.24, 2.45) is 0 Å². The lowest BCUT2D eigenvalue weighted by atomic mass is 10.1. The van der Waals surface area contributed by atoms with E-state index in [4.69, 9.17) is 0 Å². The van der Waals surface area contributed by atoms with Crippen molar-refractivity contribution in [2.45, 2.75) is 32.9 Å². The fourth-order valence-corrected chi connectivity index (χ4v) is 1.22. The van der Waals surface area contributed by atoms with Crippen LogP contribution in [0, 0.1) is 0 Å². The van der Waals surface area contributed by atoms with E-state index in [1.165, 1.54) is 0 Å². The molecule has 1 aromatic heterocycles. The van der Waals surface area contributed by atoms with Gasteiger partial charge in [-0.2, -0.15) is 18.2 Å². The summed E-state index contributed by atoms with van der Waals surface area (Å²) in [5.74, 6) is -1.40. The molecule has 1 heterocycles. The Morgan fingerprint density at radius 2 is 2.05 bits per heavy atom. The van der Waals surface area contributed by atoms with Crippen LogP contribution < -0.4 is 0 Å². The van der Waals surface area contributed by atoms with Gasteiger partial charge in [0.15, 0.2) is 5.82 Å². The minimum atomic E-state index is -4.63. The summed E-state index contributed by atoms with van der Waals surface area (Å²) in [5, 5.41) is 3.35. The lowest BCUT2D eigenvalue weighted by molar-refractivity contribution is -0.159. The molecule has 0 radical (unpaired) electrons. The van der Waals surface area contributed by atoms with Gasteiger partial charge in [-0.15, -0.1) is 6.58 Å². The number of hydrogen-bond donors (Lipinski definition) is 0. The van der Waals surface area contributed by atoms with Gasteiger partial charge in [0.25, 0.3) is 0 Å². The summed E-state index contributed by atoms with van der Waals surface area (Å²) in [5.41, 5.74) is 1.63. The molecule has 0 aromatic carbocycles. The number of nitrogens with zero attached hydrogens (tertiary/aromatic N) is 2. The molecule has 0 unspecified atom stereocenters. The zero-order valence-electron chi connectivity index (χ0n) is 10.8. The molecular formula is C13H15F3N2O. The fourth-order valence-electron chi connectivity index (χ4n) is 1.22. The monoisotopic (exact) mass is 272 g/mol. The number of hydrogen-bond acceptors (Lipinski definition) is 3. The summed E-state index contributed by atoms with van der Waals surface area (Å²) in [6.45, 7) is 7.48. The van der Waals surface area contributed by atoms with E-state index in [-0.39, 0.29) is 5.82 Å². The van der Waals surface area contributed by atoms with Crippen molar-refractivity contribution in [1.29, 1.82) is 0 Å². The molecule has 0 aliphatic rings. The highest BCUT2D eigenvalue weighted by atomic mass is 19.4. The maximum Gasteiger partial charge on any atom is 0.471 e. The second kappa shape index (κ2) is 6.36. The SMILES string of the molecule is C=CC/C(=C\C=C(\C)CC)c1noc(C(F)(F)F)n1. The zero-order chi connectivity index (χ0) is 14.5. The van der Waals surface area contributed by atoms with Crippen molar-refractivity contribution in [1.82, 2.24) is 10.1 Å². The Bertz CT molecular complexity index is 498. The van der Waals surface area contributed by atoms with Gasteiger partial charge < -0.3 is 4.52 Å². The lowest BCUT2D eigenvalue weighted by Crippen LogP contribution is -2.05. The number of rotatable bonds is 5. The number of allylic oxidation sites excluding steroid dienone is 5. The van der Waals surface area contributed by atoms with Crippen molar-refractivity contribution < 1.29 is 17.7 Å². The van der Waals surface area contributed by atoms with E-state index in [1.54, 1.807) is 12.2 Å². The predicted octanol–water partition coefficient (Wildman–Crippen LogP) is 4.40. The van der Waals surface area contributed by atoms with E-state index < -0.39 is 12.1 Å². The minimum Gasteiger partial charge on any atom is -0.329 e. The molecule has 0 aliphatic carbocycles. The van der Waals surface area contributed by atoms with Crippen LogP contribution in [0.3, 0.4) is 0 Å². The van der Waals surface area contributed by atoms with Gasteiger partial charge in [0.05, 0.1) is 0 Å². The average molecular weight is 272 g/mol. The Morgan fingerprint density at radius 3 is 2.53 bits per heavy atom. The first-order chi connectivity index (χ1) is 8.88. The summed E-state index contributed by atoms with van der Waals surface area (Å²) >= 11 is 0. The third-order valence-corrected chi connectivity index (χ3v) is 2.45. The van der Waals surface area contributed by atoms with E-state index in [9.17, 15) is 13.2 Å². The standard InChI is InChI=1S/C13H15F3N2O/c1-4-6-10(8-7-9(3)5-2)11-17-12(19-18-11)13(14,15)16/h4,7-8H,1,5-6H2,2-3H3/b9-7-,10-8+. The Hall–Kier alpha value is -1.85. The molecule has 0 bridgehead atoms. The Kier molecular flexibility index (Phi) is 5.09. The Labute approximate surface area is 109 Å². The molecular weight excluding hydrogens is 257 g/mol. The Balaban J connectivity index is 3.06. The van der Waals surface area contributed by atoms with Crippen LogP contribution in [0.15, 0.2) is 34.9 Å². The lowest BCUT2D eigenvalue weighted by Gasteiger charge is -1.98. The van der Waals surface area contributed by atoms with Crippen LogP contribution in [0.1, 0.15) is 38.4 Å². The smallest absolute Gasteiger partial charge is 0.329 e. The predicted molar refractivity (Wildman–Crippen MR) is 66.1 cm³/mol. The highest BCUT2D eigenvalue weighted by Gasteiger charge is 2.38. The molecule has 1 rings (SSSR count). The van der Waals surface area contributed by atoms with Gasteiger partial charge in [-0.05, 0) is 19.8 Å². The molecule has 0 N–H and O–H groups in total. The molecule has 0 amide bonds. The third-order valence-electron chi connectivity index (χ3n) is 2.45. The van der Waals surface area contributed by atoms with Crippen molar-refractivity contribution in [2.75, 3.05) is 0 Å². The van der Waals surface area contributed by atoms with Crippen LogP contribution in [0.4, 0.5) is 13.2 Å². The van der Waals surface area contributed by atoms with Gasteiger partial charge in [-0.3, -0.25) is 0 Å². The first kappa shape index (κ1) is 15.2. The third kappa shape index (κ3) is 4.39. The maximum absolute atomic E-state index is 12.4. The molecule has 0 spiro atoms. The van der Waals surface area contributed by atoms with Crippen LogP contribution >= 0.6 is 0 Å². The van der Waals surface area contributed by atoms with Gasteiger partial charge in [0.1, 0.15) is 0 Å². The number of aromatic nitrogens is 2. The van der Waals surface area contributed by atoms with Crippen molar-refractivity contribution in [3.05, 3.63) is 42.1 Å². The minimum absolute atomic E-state index is 0.0626. The van der Waals surface area contributed by atoms with Gasteiger partial charge in [0.2, 0.25) is 0 Å². The van der Waals surface area contributed by atoms with Gasteiger partial charge in [0, 0.05) is 5.57 Å². The molecule has 0 saturated heterocycles. The molecule has 1 aromatic rings. The summed E-state index contributed by atoms with van der Waals surface area (Å²) < 4.78 is 41.3. The van der Waals surface area contributed by atoms with Crippen molar-refractivity contribution >= 4 is 5.57 Å². The van der Waals surface area contributed by atoms with E-state index in [0.29, 0.717) is 12.0 Å². The molecule has 104 valence electrons. The van der Waals surface area contributed by atoms with Gasteiger partial charge >= 0.3 is 12.1 Å². The van der Waals surface area contributed by atoms with Crippen LogP contribution in [0.2, 0.25) is 0 Å².